The largest absolute Gasteiger partial charge is 0.348 e. The van der Waals surface area contributed by atoms with Gasteiger partial charge in [-0.15, -0.1) is 0 Å². The third-order valence-corrected chi connectivity index (χ3v) is 4.83. The predicted octanol–water partition coefficient (Wildman–Crippen LogP) is 4.39. The molecule has 5 heteroatoms. The predicted molar refractivity (Wildman–Crippen MR) is 108 cm³/mol. The molecule has 0 bridgehead atoms. The molecule has 2 aromatic rings. The van der Waals surface area contributed by atoms with Crippen molar-refractivity contribution in [1.29, 1.82) is 0 Å². The smallest absolute Gasteiger partial charge is 0.252 e. The maximum absolute atomic E-state index is 12.8. The highest BCUT2D eigenvalue weighted by atomic mass is 79.9. The summed E-state index contributed by atoms with van der Waals surface area (Å²) >= 11 is 3.44. The van der Waals surface area contributed by atoms with Crippen molar-refractivity contribution in [3.8, 4) is 0 Å². The van der Waals surface area contributed by atoms with Gasteiger partial charge in [0.25, 0.3) is 5.91 Å². The molecule has 26 heavy (non-hydrogen) atoms. The minimum Gasteiger partial charge on any atom is -0.348 e. The number of nitrogens with one attached hydrogen (secondary N) is 2. The minimum absolute atomic E-state index is 0.0299. The lowest BCUT2D eigenvalue weighted by molar-refractivity contribution is -0.124. The van der Waals surface area contributed by atoms with Gasteiger partial charge in [0.05, 0.1) is 6.04 Å². The molecule has 2 aromatic carbocycles. The summed E-state index contributed by atoms with van der Waals surface area (Å²) in [4.78, 5) is 25.4. The van der Waals surface area contributed by atoms with Crippen molar-refractivity contribution in [3.05, 3.63) is 69.7 Å². The molecule has 0 aliphatic heterocycles. The molecule has 0 saturated carbocycles. The molecule has 0 aliphatic carbocycles. The summed E-state index contributed by atoms with van der Waals surface area (Å²) < 4.78 is 0.962. The molecule has 0 aliphatic rings. The first-order valence-corrected chi connectivity index (χ1v) is 9.51. The van der Waals surface area contributed by atoms with Gasteiger partial charge in [-0.25, -0.2) is 0 Å². The second-order valence-corrected chi connectivity index (χ2v) is 7.71. The van der Waals surface area contributed by atoms with E-state index < -0.39 is 6.04 Å². The lowest BCUT2D eigenvalue weighted by atomic mass is 10.0. The van der Waals surface area contributed by atoms with E-state index in [1.54, 1.807) is 6.07 Å². The fraction of sp³-hybridized carbons (Fsp3) is 0.333. The Bertz CT molecular complexity index is 789. The Labute approximate surface area is 163 Å². The van der Waals surface area contributed by atoms with E-state index in [4.69, 9.17) is 0 Å². The van der Waals surface area contributed by atoms with Crippen LogP contribution >= 0.6 is 15.9 Å². The fourth-order valence-corrected chi connectivity index (χ4v) is 3.16. The number of halogens is 1. The first-order chi connectivity index (χ1) is 12.3. The van der Waals surface area contributed by atoms with Gasteiger partial charge < -0.3 is 10.6 Å². The van der Waals surface area contributed by atoms with Gasteiger partial charge in [-0.1, -0.05) is 60.1 Å². The zero-order chi connectivity index (χ0) is 19.3. The number of rotatable bonds is 6. The highest BCUT2D eigenvalue weighted by molar-refractivity contribution is 9.10. The van der Waals surface area contributed by atoms with Crippen LogP contribution in [-0.2, 0) is 4.79 Å². The highest BCUT2D eigenvalue weighted by Crippen LogP contribution is 2.18. The molecule has 0 fully saturated rings. The third-order valence-electron chi connectivity index (χ3n) is 4.33. The van der Waals surface area contributed by atoms with Crippen LogP contribution in [0.3, 0.4) is 0 Å². The molecule has 0 aromatic heterocycles. The van der Waals surface area contributed by atoms with E-state index in [1.165, 1.54) is 0 Å². The fourth-order valence-electron chi connectivity index (χ4n) is 2.74. The highest BCUT2D eigenvalue weighted by Gasteiger charge is 2.26. The number of aryl methyl sites for hydroxylation is 1. The normalized spacial score (nSPS) is 13.2. The van der Waals surface area contributed by atoms with Crippen molar-refractivity contribution in [3.63, 3.8) is 0 Å². The summed E-state index contributed by atoms with van der Waals surface area (Å²) in [5.41, 5.74) is 2.47. The van der Waals surface area contributed by atoms with Gasteiger partial charge in [0.1, 0.15) is 6.04 Å². The van der Waals surface area contributed by atoms with Crippen LogP contribution in [0.5, 0.6) is 0 Å². The van der Waals surface area contributed by atoms with Crippen LogP contribution in [0.1, 0.15) is 48.3 Å². The van der Waals surface area contributed by atoms with E-state index in [0.29, 0.717) is 5.56 Å². The number of benzene rings is 2. The van der Waals surface area contributed by atoms with E-state index in [2.05, 4.69) is 26.6 Å². The summed E-state index contributed by atoms with van der Waals surface area (Å²) in [5.74, 6) is -0.445. The van der Waals surface area contributed by atoms with Gasteiger partial charge in [0.15, 0.2) is 0 Å². The Balaban J connectivity index is 2.10. The van der Waals surface area contributed by atoms with Gasteiger partial charge >= 0.3 is 0 Å². The van der Waals surface area contributed by atoms with Crippen LogP contribution in [0.2, 0.25) is 0 Å². The van der Waals surface area contributed by atoms with Crippen molar-refractivity contribution in [2.24, 2.45) is 5.92 Å². The first kappa shape index (κ1) is 20.2. The number of carbonyl (C=O) groups is 2. The van der Waals surface area contributed by atoms with Crippen LogP contribution in [0.25, 0.3) is 0 Å². The Morgan fingerprint density at radius 2 is 1.65 bits per heavy atom. The van der Waals surface area contributed by atoms with Gasteiger partial charge in [-0.2, -0.15) is 0 Å². The quantitative estimate of drug-likeness (QED) is 0.733. The van der Waals surface area contributed by atoms with Gasteiger partial charge in [0.2, 0.25) is 5.91 Å². The lowest BCUT2D eigenvalue weighted by Gasteiger charge is -2.24. The van der Waals surface area contributed by atoms with Crippen molar-refractivity contribution in [1.82, 2.24) is 10.6 Å². The van der Waals surface area contributed by atoms with E-state index in [9.17, 15) is 9.59 Å². The molecule has 138 valence electrons. The molecule has 2 amide bonds. The number of hydrogen-bond donors (Lipinski definition) is 2. The van der Waals surface area contributed by atoms with Crippen molar-refractivity contribution in [2.45, 2.75) is 39.8 Å². The van der Waals surface area contributed by atoms with Gasteiger partial charge in [-0.3, -0.25) is 9.59 Å². The molecular formula is C21H25BrN2O2. The summed E-state index contributed by atoms with van der Waals surface area (Å²) in [7, 11) is 0. The van der Waals surface area contributed by atoms with E-state index in [-0.39, 0.29) is 23.8 Å². The van der Waals surface area contributed by atoms with Crippen molar-refractivity contribution < 1.29 is 9.59 Å². The Hall–Kier alpha value is -2.14. The van der Waals surface area contributed by atoms with Gasteiger partial charge in [0, 0.05) is 10.0 Å². The van der Waals surface area contributed by atoms with Crippen molar-refractivity contribution >= 4 is 27.7 Å². The number of amides is 2. The molecule has 4 nitrogen and oxygen atoms in total. The summed E-state index contributed by atoms with van der Waals surface area (Å²) in [6.07, 6.45) is 0. The average molecular weight is 417 g/mol. The lowest BCUT2D eigenvalue weighted by Crippen LogP contribution is -2.50. The summed E-state index contributed by atoms with van der Waals surface area (Å²) in [5, 5.41) is 5.88. The Morgan fingerprint density at radius 3 is 2.27 bits per heavy atom. The molecule has 2 rings (SSSR count). The molecule has 2 N–H and O–H groups in total. The minimum atomic E-state index is -0.600. The molecule has 0 spiro atoms. The van der Waals surface area contributed by atoms with Gasteiger partial charge in [-0.05, 0) is 49.1 Å². The monoisotopic (exact) mass is 416 g/mol. The summed E-state index contributed by atoms with van der Waals surface area (Å²) in [6, 6.07) is 14.4. The van der Waals surface area contributed by atoms with Crippen LogP contribution < -0.4 is 10.6 Å². The maximum Gasteiger partial charge on any atom is 0.252 e. The van der Waals surface area contributed by atoms with Crippen LogP contribution in [0, 0.1) is 12.8 Å². The standard InChI is InChI=1S/C21H25BrN2O2/c1-13(2)19(24-20(25)18-11-6-5-8-14(18)3)21(26)23-15(4)16-9-7-10-17(22)12-16/h5-13,15,19H,1-4H3,(H,23,26)(H,24,25)/t15-,19-/m1/s1. The molecule has 0 saturated heterocycles. The first-order valence-electron chi connectivity index (χ1n) is 8.72. The molecule has 0 unspecified atom stereocenters. The van der Waals surface area contributed by atoms with E-state index in [0.717, 1.165) is 15.6 Å². The number of carbonyl (C=O) groups excluding carboxylic acids is 2. The van der Waals surface area contributed by atoms with Crippen LogP contribution in [0.15, 0.2) is 53.0 Å². The summed E-state index contributed by atoms with van der Waals surface area (Å²) in [6.45, 7) is 7.66. The van der Waals surface area contributed by atoms with Crippen LogP contribution in [0.4, 0.5) is 0 Å². The van der Waals surface area contributed by atoms with Crippen molar-refractivity contribution in [2.75, 3.05) is 0 Å². The average Bonchev–Trinajstić information content (AvgIpc) is 2.59. The zero-order valence-corrected chi connectivity index (χ0v) is 17.1. The number of hydrogen-bond acceptors (Lipinski definition) is 2. The topological polar surface area (TPSA) is 58.2 Å². The van der Waals surface area contributed by atoms with E-state index >= 15 is 0 Å². The van der Waals surface area contributed by atoms with Crippen LogP contribution in [-0.4, -0.2) is 17.9 Å². The zero-order valence-electron chi connectivity index (χ0n) is 15.5. The molecule has 0 heterocycles. The Morgan fingerprint density at radius 1 is 0.962 bits per heavy atom. The molecule has 2 atom stereocenters. The second-order valence-electron chi connectivity index (χ2n) is 6.80. The maximum atomic E-state index is 12.8. The molecular weight excluding hydrogens is 392 g/mol. The van der Waals surface area contributed by atoms with E-state index in [1.807, 2.05) is 70.2 Å². The Kier molecular flexibility index (Phi) is 6.98. The third kappa shape index (κ3) is 5.18. The second kappa shape index (κ2) is 8.99. The SMILES string of the molecule is Cc1ccccc1C(=O)N[C@@H](C(=O)N[C@H](C)c1cccc(Br)c1)C(C)C. The molecule has 0 radical (unpaired) electrons.